The molecule has 1 aliphatic heterocycles. The number of aromatic nitrogens is 1. The SMILES string of the molecule is CCOC(=O)N1CCN(C(=O)c2cc3occc3n2Cc2cccc(F)c2)CC1. The lowest BCUT2D eigenvalue weighted by molar-refractivity contribution is 0.0563. The smallest absolute Gasteiger partial charge is 0.409 e. The summed E-state index contributed by atoms with van der Waals surface area (Å²) in [5, 5.41) is 0. The second-order valence-corrected chi connectivity index (χ2v) is 6.89. The monoisotopic (exact) mass is 399 g/mol. The highest BCUT2D eigenvalue weighted by atomic mass is 19.1. The molecule has 0 radical (unpaired) electrons. The minimum absolute atomic E-state index is 0.142. The molecule has 1 saturated heterocycles. The third-order valence-electron chi connectivity index (χ3n) is 5.06. The van der Waals surface area contributed by atoms with Crippen molar-refractivity contribution in [2.24, 2.45) is 0 Å². The third kappa shape index (κ3) is 3.83. The van der Waals surface area contributed by atoms with Gasteiger partial charge in [0.1, 0.15) is 11.5 Å². The van der Waals surface area contributed by atoms with Crippen molar-refractivity contribution >= 4 is 23.1 Å². The summed E-state index contributed by atoms with van der Waals surface area (Å²) in [6.07, 6.45) is 1.21. The van der Waals surface area contributed by atoms with E-state index >= 15 is 0 Å². The van der Waals surface area contributed by atoms with Crippen molar-refractivity contribution in [2.75, 3.05) is 32.8 Å². The molecule has 0 unspecified atom stereocenters. The number of amides is 2. The van der Waals surface area contributed by atoms with E-state index in [0.29, 0.717) is 50.6 Å². The number of carbonyl (C=O) groups is 2. The van der Waals surface area contributed by atoms with Gasteiger partial charge in [0.25, 0.3) is 5.91 Å². The molecule has 0 N–H and O–H groups in total. The maximum atomic E-state index is 13.6. The molecular weight excluding hydrogens is 377 g/mol. The van der Waals surface area contributed by atoms with E-state index in [0.717, 1.165) is 11.1 Å². The Morgan fingerprint density at radius 3 is 2.59 bits per heavy atom. The van der Waals surface area contributed by atoms with Crippen molar-refractivity contribution in [1.29, 1.82) is 0 Å². The molecule has 1 fully saturated rings. The largest absolute Gasteiger partial charge is 0.463 e. The van der Waals surface area contributed by atoms with Gasteiger partial charge in [-0.1, -0.05) is 12.1 Å². The van der Waals surface area contributed by atoms with Crippen LogP contribution in [0.1, 0.15) is 23.0 Å². The van der Waals surface area contributed by atoms with Crippen LogP contribution in [0.4, 0.5) is 9.18 Å². The molecule has 1 aliphatic rings. The van der Waals surface area contributed by atoms with Crippen LogP contribution in [-0.4, -0.2) is 59.2 Å². The Morgan fingerprint density at radius 2 is 1.86 bits per heavy atom. The molecule has 29 heavy (non-hydrogen) atoms. The highest BCUT2D eigenvalue weighted by molar-refractivity contribution is 5.97. The lowest BCUT2D eigenvalue weighted by Crippen LogP contribution is -2.51. The van der Waals surface area contributed by atoms with Crippen molar-refractivity contribution < 1.29 is 23.1 Å². The molecule has 8 heteroatoms. The van der Waals surface area contributed by atoms with E-state index in [1.54, 1.807) is 41.2 Å². The van der Waals surface area contributed by atoms with Crippen LogP contribution in [0.3, 0.4) is 0 Å². The van der Waals surface area contributed by atoms with Gasteiger partial charge in [-0.05, 0) is 24.6 Å². The maximum absolute atomic E-state index is 13.6. The van der Waals surface area contributed by atoms with Gasteiger partial charge >= 0.3 is 6.09 Å². The summed E-state index contributed by atoms with van der Waals surface area (Å²) >= 11 is 0. The first kappa shape index (κ1) is 19.0. The van der Waals surface area contributed by atoms with Crippen LogP contribution < -0.4 is 0 Å². The number of carbonyl (C=O) groups excluding carboxylic acids is 2. The number of rotatable bonds is 4. The lowest BCUT2D eigenvalue weighted by atomic mass is 10.2. The van der Waals surface area contributed by atoms with Crippen molar-refractivity contribution in [3.63, 3.8) is 0 Å². The zero-order valence-electron chi connectivity index (χ0n) is 16.1. The Hall–Kier alpha value is -3.29. The molecule has 7 nitrogen and oxygen atoms in total. The van der Waals surface area contributed by atoms with E-state index in [-0.39, 0.29) is 17.8 Å². The molecule has 1 aromatic carbocycles. The Morgan fingerprint density at radius 1 is 1.10 bits per heavy atom. The van der Waals surface area contributed by atoms with E-state index in [2.05, 4.69) is 0 Å². The molecule has 3 aromatic rings. The van der Waals surface area contributed by atoms with Gasteiger partial charge in [-0.3, -0.25) is 4.79 Å². The van der Waals surface area contributed by atoms with Gasteiger partial charge in [0.2, 0.25) is 0 Å². The number of halogens is 1. The predicted molar refractivity (Wildman–Crippen MR) is 104 cm³/mol. The summed E-state index contributed by atoms with van der Waals surface area (Å²) in [6.45, 7) is 4.13. The first-order valence-electron chi connectivity index (χ1n) is 9.59. The van der Waals surface area contributed by atoms with Gasteiger partial charge in [-0.25, -0.2) is 9.18 Å². The van der Waals surface area contributed by atoms with Crippen molar-refractivity contribution in [3.8, 4) is 0 Å². The average Bonchev–Trinajstić information content (AvgIpc) is 3.30. The number of ether oxygens (including phenoxy) is 1. The van der Waals surface area contributed by atoms with Gasteiger partial charge in [0.05, 0.1) is 18.4 Å². The first-order valence-corrected chi connectivity index (χ1v) is 9.59. The number of furan rings is 1. The standard InChI is InChI=1S/C21H22FN3O4/c1-2-28-21(27)24-9-7-23(8-10-24)20(26)18-13-19-17(6-11-29-19)25(18)14-15-4-3-5-16(22)12-15/h3-6,11-13H,2,7-10,14H2,1H3. The van der Waals surface area contributed by atoms with E-state index in [9.17, 15) is 14.0 Å². The fourth-order valence-electron chi connectivity index (χ4n) is 3.61. The fraction of sp³-hybridized carbons (Fsp3) is 0.333. The highest BCUT2D eigenvalue weighted by Crippen LogP contribution is 2.24. The van der Waals surface area contributed by atoms with Crippen LogP contribution >= 0.6 is 0 Å². The summed E-state index contributed by atoms with van der Waals surface area (Å²) in [5.41, 5.74) is 2.62. The molecule has 0 spiro atoms. The van der Waals surface area contributed by atoms with Crippen LogP contribution in [0.5, 0.6) is 0 Å². The zero-order valence-corrected chi connectivity index (χ0v) is 16.1. The minimum Gasteiger partial charge on any atom is -0.463 e. The Bertz CT molecular complexity index is 1030. The zero-order chi connectivity index (χ0) is 20.4. The second kappa shape index (κ2) is 7.98. The Balaban J connectivity index is 1.55. The molecule has 0 atom stereocenters. The van der Waals surface area contributed by atoms with Crippen LogP contribution in [0, 0.1) is 5.82 Å². The molecule has 4 rings (SSSR count). The number of fused-ring (bicyclic) bond motifs is 1. The first-order chi connectivity index (χ1) is 14.1. The summed E-state index contributed by atoms with van der Waals surface area (Å²) in [4.78, 5) is 28.4. The summed E-state index contributed by atoms with van der Waals surface area (Å²) in [6, 6.07) is 9.83. The highest BCUT2D eigenvalue weighted by Gasteiger charge is 2.28. The Labute approximate surface area is 167 Å². The molecule has 0 aliphatic carbocycles. The number of hydrogen-bond donors (Lipinski definition) is 0. The van der Waals surface area contributed by atoms with Crippen LogP contribution in [0.2, 0.25) is 0 Å². The normalized spacial score (nSPS) is 14.4. The predicted octanol–water partition coefficient (Wildman–Crippen LogP) is 3.34. The quantitative estimate of drug-likeness (QED) is 0.675. The topological polar surface area (TPSA) is 67.9 Å². The van der Waals surface area contributed by atoms with Gasteiger partial charge < -0.3 is 23.5 Å². The van der Waals surface area contributed by atoms with Crippen molar-refractivity contribution in [2.45, 2.75) is 13.5 Å². The van der Waals surface area contributed by atoms with E-state index in [1.165, 1.54) is 12.1 Å². The summed E-state index contributed by atoms with van der Waals surface area (Å²) < 4.78 is 26.0. The fourth-order valence-corrected chi connectivity index (χ4v) is 3.61. The van der Waals surface area contributed by atoms with E-state index in [1.807, 2.05) is 10.6 Å². The molecule has 2 amide bonds. The van der Waals surface area contributed by atoms with Gasteiger partial charge in [0.15, 0.2) is 5.58 Å². The van der Waals surface area contributed by atoms with Crippen LogP contribution in [0.25, 0.3) is 11.1 Å². The Kier molecular flexibility index (Phi) is 5.24. The van der Waals surface area contributed by atoms with Crippen molar-refractivity contribution in [1.82, 2.24) is 14.4 Å². The van der Waals surface area contributed by atoms with E-state index < -0.39 is 0 Å². The number of benzene rings is 1. The molecule has 2 aromatic heterocycles. The average molecular weight is 399 g/mol. The molecule has 0 bridgehead atoms. The van der Waals surface area contributed by atoms with Crippen LogP contribution in [-0.2, 0) is 11.3 Å². The molecule has 3 heterocycles. The van der Waals surface area contributed by atoms with Crippen molar-refractivity contribution in [3.05, 3.63) is 59.7 Å². The third-order valence-corrected chi connectivity index (χ3v) is 5.06. The molecule has 152 valence electrons. The molecular formula is C21H22FN3O4. The van der Waals surface area contributed by atoms with Gasteiger partial charge in [-0.15, -0.1) is 0 Å². The van der Waals surface area contributed by atoms with Gasteiger partial charge in [-0.2, -0.15) is 0 Å². The minimum atomic E-state index is -0.355. The number of hydrogen-bond acceptors (Lipinski definition) is 4. The lowest BCUT2D eigenvalue weighted by Gasteiger charge is -2.34. The van der Waals surface area contributed by atoms with Crippen LogP contribution in [0.15, 0.2) is 47.1 Å². The molecule has 0 saturated carbocycles. The number of nitrogens with zero attached hydrogens (tertiary/aromatic N) is 3. The summed E-state index contributed by atoms with van der Waals surface area (Å²) in [7, 11) is 0. The van der Waals surface area contributed by atoms with Gasteiger partial charge in [0, 0.05) is 44.9 Å². The maximum Gasteiger partial charge on any atom is 0.409 e. The second-order valence-electron chi connectivity index (χ2n) is 6.89. The van der Waals surface area contributed by atoms with E-state index in [4.69, 9.17) is 9.15 Å². The number of piperazine rings is 1. The summed E-state index contributed by atoms with van der Waals surface area (Å²) in [5.74, 6) is -0.461.